The molecule has 7 heteroatoms. The van der Waals surface area contributed by atoms with Gasteiger partial charge in [-0.3, -0.25) is 9.59 Å². The zero-order valence-electron chi connectivity index (χ0n) is 16.5. The number of hydrogen-bond acceptors (Lipinski definition) is 4. The smallest absolute Gasteiger partial charge is 0.255 e. The molecule has 6 nitrogen and oxygen atoms in total. The van der Waals surface area contributed by atoms with Crippen LogP contribution in [0, 0.1) is 0 Å². The van der Waals surface area contributed by atoms with Gasteiger partial charge in [-0.15, -0.1) is 0 Å². The molecule has 1 saturated heterocycles. The molecule has 0 aromatic heterocycles. The number of hydrogen-bond donors (Lipinski definition) is 2. The summed E-state index contributed by atoms with van der Waals surface area (Å²) in [5.41, 5.74) is 1.67. The van der Waals surface area contributed by atoms with Gasteiger partial charge in [0.05, 0.1) is 10.6 Å². The number of halogens is 1. The third-order valence-electron chi connectivity index (χ3n) is 4.47. The largest absolute Gasteiger partial charge is 0.490 e. The maximum atomic E-state index is 12.5. The second-order valence-corrected chi connectivity index (χ2v) is 8.11. The van der Waals surface area contributed by atoms with Crippen LogP contribution >= 0.6 is 15.9 Å². The number of rotatable bonds is 7. The van der Waals surface area contributed by atoms with Crippen LogP contribution in [0.25, 0.3) is 0 Å². The Bertz CT molecular complexity index is 862. The quantitative estimate of drug-likeness (QED) is 0.641. The van der Waals surface area contributed by atoms with Crippen LogP contribution in [0.3, 0.4) is 0 Å². The number of benzene rings is 2. The fourth-order valence-electron chi connectivity index (χ4n) is 2.97. The molecule has 2 amide bonds. The van der Waals surface area contributed by atoms with Crippen LogP contribution in [0.15, 0.2) is 46.9 Å². The van der Waals surface area contributed by atoms with Gasteiger partial charge in [-0.1, -0.05) is 0 Å². The van der Waals surface area contributed by atoms with Crippen molar-refractivity contribution in [2.24, 2.45) is 0 Å². The summed E-state index contributed by atoms with van der Waals surface area (Å²) >= 11 is 3.47. The Morgan fingerprint density at radius 1 is 1.14 bits per heavy atom. The lowest BCUT2D eigenvalue weighted by molar-refractivity contribution is 0.0677. The highest BCUT2D eigenvalue weighted by atomic mass is 79.9. The molecule has 1 fully saturated rings. The molecule has 0 radical (unpaired) electrons. The molecule has 2 aromatic rings. The van der Waals surface area contributed by atoms with Crippen LogP contribution in [0.2, 0.25) is 0 Å². The minimum atomic E-state index is -0.240. The Balaban J connectivity index is 1.58. The van der Waals surface area contributed by atoms with Crippen LogP contribution in [-0.2, 0) is 4.74 Å². The molecule has 1 unspecified atom stereocenters. The molecule has 2 N–H and O–H groups in total. The molecule has 1 aliphatic heterocycles. The van der Waals surface area contributed by atoms with Crippen LogP contribution in [0.1, 0.15) is 47.4 Å². The molecule has 1 atom stereocenters. The van der Waals surface area contributed by atoms with Gasteiger partial charge in [0.25, 0.3) is 11.8 Å². The SMILES string of the molecule is CC(C)NC(=O)c1ccc(NC(=O)c2ccc(OCC3CCCO3)c(Br)c2)cc1. The van der Waals surface area contributed by atoms with E-state index >= 15 is 0 Å². The van der Waals surface area contributed by atoms with E-state index in [-0.39, 0.29) is 24.0 Å². The van der Waals surface area contributed by atoms with Crippen molar-refractivity contribution in [1.29, 1.82) is 0 Å². The molecule has 0 bridgehead atoms. The van der Waals surface area contributed by atoms with Gasteiger partial charge in [-0.25, -0.2) is 0 Å². The van der Waals surface area contributed by atoms with Crippen LogP contribution in [0.4, 0.5) is 5.69 Å². The highest BCUT2D eigenvalue weighted by Gasteiger charge is 2.17. The van der Waals surface area contributed by atoms with Crippen molar-refractivity contribution in [3.8, 4) is 5.75 Å². The average molecular weight is 461 g/mol. The molecule has 154 valence electrons. The van der Waals surface area contributed by atoms with E-state index in [0.29, 0.717) is 33.6 Å². The molecule has 29 heavy (non-hydrogen) atoms. The first-order valence-electron chi connectivity index (χ1n) is 9.68. The van der Waals surface area contributed by atoms with Gasteiger partial charge in [-0.05, 0) is 85.1 Å². The van der Waals surface area contributed by atoms with Crippen molar-refractivity contribution in [2.75, 3.05) is 18.5 Å². The summed E-state index contributed by atoms with van der Waals surface area (Å²) < 4.78 is 12.1. The summed E-state index contributed by atoms with van der Waals surface area (Å²) in [4.78, 5) is 24.5. The molecule has 0 spiro atoms. The van der Waals surface area contributed by atoms with Crippen molar-refractivity contribution < 1.29 is 19.1 Å². The van der Waals surface area contributed by atoms with E-state index in [4.69, 9.17) is 9.47 Å². The number of amides is 2. The van der Waals surface area contributed by atoms with Crippen molar-refractivity contribution in [1.82, 2.24) is 5.32 Å². The van der Waals surface area contributed by atoms with Crippen molar-refractivity contribution in [2.45, 2.75) is 38.8 Å². The number of anilines is 1. The fourth-order valence-corrected chi connectivity index (χ4v) is 3.46. The highest BCUT2D eigenvalue weighted by Crippen LogP contribution is 2.27. The molecule has 0 aliphatic carbocycles. The Morgan fingerprint density at radius 3 is 2.48 bits per heavy atom. The third kappa shape index (κ3) is 6.05. The highest BCUT2D eigenvalue weighted by molar-refractivity contribution is 9.10. The van der Waals surface area contributed by atoms with Gasteiger partial charge in [0.2, 0.25) is 0 Å². The number of carbonyl (C=O) groups is 2. The number of ether oxygens (including phenoxy) is 2. The Hall–Kier alpha value is -2.38. The summed E-state index contributed by atoms with van der Waals surface area (Å²) in [6.45, 7) is 5.10. The molecule has 1 heterocycles. The maximum Gasteiger partial charge on any atom is 0.255 e. The van der Waals surface area contributed by atoms with Gasteiger partial charge in [0.15, 0.2) is 0 Å². The van der Waals surface area contributed by atoms with Gasteiger partial charge in [0, 0.05) is 29.5 Å². The molecule has 0 saturated carbocycles. The van der Waals surface area contributed by atoms with E-state index in [1.165, 1.54) is 0 Å². The zero-order chi connectivity index (χ0) is 20.8. The van der Waals surface area contributed by atoms with Gasteiger partial charge < -0.3 is 20.1 Å². The van der Waals surface area contributed by atoms with Gasteiger partial charge in [0.1, 0.15) is 12.4 Å². The van der Waals surface area contributed by atoms with Crippen LogP contribution < -0.4 is 15.4 Å². The lowest BCUT2D eigenvalue weighted by atomic mass is 10.1. The average Bonchev–Trinajstić information content (AvgIpc) is 3.20. The second-order valence-electron chi connectivity index (χ2n) is 7.25. The second kappa shape index (κ2) is 9.89. The first-order chi connectivity index (χ1) is 13.9. The maximum absolute atomic E-state index is 12.5. The van der Waals surface area contributed by atoms with E-state index < -0.39 is 0 Å². The summed E-state index contributed by atoms with van der Waals surface area (Å²) in [6.07, 6.45) is 2.21. The lowest BCUT2D eigenvalue weighted by Gasteiger charge is -2.13. The Kier molecular flexibility index (Phi) is 7.28. The first-order valence-corrected chi connectivity index (χ1v) is 10.5. The Morgan fingerprint density at radius 2 is 1.86 bits per heavy atom. The van der Waals surface area contributed by atoms with E-state index in [9.17, 15) is 9.59 Å². The Labute approximate surface area is 179 Å². The zero-order valence-corrected chi connectivity index (χ0v) is 18.1. The minimum absolute atomic E-state index is 0.0676. The van der Waals surface area contributed by atoms with E-state index in [2.05, 4.69) is 26.6 Å². The monoisotopic (exact) mass is 460 g/mol. The molecule has 3 rings (SSSR count). The van der Waals surface area contributed by atoms with Gasteiger partial charge in [-0.2, -0.15) is 0 Å². The third-order valence-corrected chi connectivity index (χ3v) is 5.09. The van der Waals surface area contributed by atoms with Gasteiger partial charge >= 0.3 is 0 Å². The minimum Gasteiger partial charge on any atom is -0.490 e. The number of nitrogens with one attached hydrogen (secondary N) is 2. The lowest BCUT2D eigenvalue weighted by Crippen LogP contribution is -2.30. The summed E-state index contributed by atoms with van der Waals surface area (Å²) in [5.74, 6) is 0.300. The van der Waals surface area contributed by atoms with Crippen LogP contribution in [0.5, 0.6) is 5.75 Å². The topological polar surface area (TPSA) is 76.7 Å². The summed E-state index contributed by atoms with van der Waals surface area (Å²) in [6, 6.07) is 12.1. The molecule has 1 aliphatic rings. The van der Waals surface area contributed by atoms with Crippen molar-refractivity contribution in [3.63, 3.8) is 0 Å². The normalized spacial score (nSPS) is 15.9. The van der Waals surface area contributed by atoms with E-state index in [1.54, 1.807) is 42.5 Å². The van der Waals surface area contributed by atoms with Crippen molar-refractivity contribution in [3.05, 3.63) is 58.1 Å². The fraction of sp³-hybridized carbons (Fsp3) is 0.364. The molecular formula is C22H25BrN2O4. The van der Waals surface area contributed by atoms with E-state index in [0.717, 1.165) is 19.4 Å². The molecule has 2 aromatic carbocycles. The van der Waals surface area contributed by atoms with Crippen molar-refractivity contribution >= 4 is 33.4 Å². The summed E-state index contributed by atoms with van der Waals surface area (Å²) in [5, 5.41) is 5.67. The molecular weight excluding hydrogens is 436 g/mol. The predicted octanol–water partition coefficient (Wildman–Crippen LogP) is 4.40. The first kappa shape index (κ1) is 21.3. The standard InChI is InChI=1S/C22H25BrN2O4/c1-14(2)24-21(26)15-5-8-17(9-6-15)25-22(27)16-7-10-20(19(23)12-16)29-13-18-4-3-11-28-18/h5-10,12,14,18H,3-4,11,13H2,1-2H3,(H,24,26)(H,25,27). The van der Waals surface area contributed by atoms with Crippen LogP contribution in [-0.4, -0.2) is 37.2 Å². The predicted molar refractivity (Wildman–Crippen MR) is 116 cm³/mol. The number of carbonyl (C=O) groups excluding carboxylic acids is 2. The van der Waals surface area contributed by atoms with E-state index in [1.807, 2.05) is 13.8 Å². The summed E-state index contributed by atoms with van der Waals surface area (Å²) in [7, 11) is 0.